The van der Waals surface area contributed by atoms with Crippen LogP contribution >= 0.6 is 11.3 Å². The third kappa shape index (κ3) is 2.95. The Morgan fingerprint density at radius 1 is 1.50 bits per heavy atom. The van der Waals surface area contributed by atoms with E-state index in [1.807, 2.05) is 30.0 Å². The standard InChI is InChI=1S/C15H21N3OS/c1-3-19-11-13-9-18(10-14-5-4-6-20-14)8-12-7-17(2)16-15(12)13/h4-7,13H,3,8-11H2,1-2H3. The van der Waals surface area contributed by atoms with Gasteiger partial charge in [-0.25, -0.2) is 0 Å². The van der Waals surface area contributed by atoms with E-state index >= 15 is 0 Å². The molecule has 3 rings (SSSR count). The van der Waals surface area contributed by atoms with Crippen molar-refractivity contribution in [1.82, 2.24) is 14.7 Å². The summed E-state index contributed by atoms with van der Waals surface area (Å²) < 4.78 is 7.58. The molecule has 0 spiro atoms. The molecule has 1 aliphatic heterocycles. The first-order chi connectivity index (χ1) is 9.76. The molecule has 20 heavy (non-hydrogen) atoms. The molecule has 1 atom stereocenters. The zero-order chi connectivity index (χ0) is 13.9. The fraction of sp³-hybridized carbons (Fsp3) is 0.533. The lowest BCUT2D eigenvalue weighted by molar-refractivity contribution is 0.104. The molecular weight excluding hydrogens is 270 g/mol. The third-order valence-corrected chi connectivity index (χ3v) is 4.54. The van der Waals surface area contributed by atoms with Crippen molar-refractivity contribution in [2.24, 2.45) is 7.05 Å². The Morgan fingerprint density at radius 2 is 2.40 bits per heavy atom. The van der Waals surface area contributed by atoms with E-state index in [9.17, 15) is 0 Å². The molecule has 5 heteroatoms. The van der Waals surface area contributed by atoms with Gasteiger partial charge in [-0.1, -0.05) is 6.07 Å². The fourth-order valence-corrected chi connectivity index (χ4v) is 3.61. The second-order valence-corrected chi connectivity index (χ2v) is 6.35. The van der Waals surface area contributed by atoms with Crippen LogP contribution in [0.5, 0.6) is 0 Å². The zero-order valence-corrected chi connectivity index (χ0v) is 12.9. The Kier molecular flexibility index (Phi) is 4.19. The molecule has 3 heterocycles. The maximum absolute atomic E-state index is 5.65. The van der Waals surface area contributed by atoms with Gasteiger partial charge in [0.2, 0.25) is 0 Å². The van der Waals surface area contributed by atoms with Crippen LogP contribution in [0.1, 0.15) is 29.0 Å². The van der Waals surface area contributed by atoms with Gasteiger partial charge in [0.1, 0.15) is 0 Å². The molecule has 0 saturated heterocycles. The van der Waals surface area contributed by atoms with E-state index < -0.39 is 0 Å². The van der Waals surface area contributed by atoms with Crippen molar-refractivity contribution in [3.05, 3.63) is 39.8 Å². The highest BCUT2D eigenvalue weighted by Crippen LogP contribution is 2.28. The van der Waals surface area contributed by atoms with Crippen molar-refractivity contribution < 1.29 is 4.74 Å². The predicted molar refractivity (Wildman–Crippen MR) is 80.9 cm³/mol. The maximum atomic E-state index is 5.65. The van der Waals surface area contributed by atoms with Crippen molar-refractivity contribution >= 4 is 11.3 Å². The predicted octanol–water partition coefficient (Wildman–Crippen LogP) is 2.62. The lowest BCUT2D eigenvalue weighted by atomic mass is 9.97. The smallest absolute Gasteiger partial charge is 0.0736 e. The van der Waals surface area contributed by atoms with E-state index in [2.05, 4.69) is 33.7 Å². The Hall–Kier alpha value is -1.17. The number of thiophene rings is 1. The first-order valence-electron chi connectivity index (χ1n) is 7.11. The molecule has 0 radical (unpaired) electrons. The summed E-state index contributed by atoms with van der Waals surface area (Å²) in [4.78, 5) is 3.92. The SMILES string of the molecule is CCOCC1CN(Cc2cccs2)Cc2cn(C)nc21. The lowest BCUT2D eigenvalue weighted by Crippen LogP contribution is -2.34. The summed E-state index contributed by atoms with van der Waals surface area (Å²) in [5, 5.41) is 6.77. The molecule has 2 aromatic heterocycles. The molecule has 0 bridgehead atoms. The summed E-state index contributed by atoms with van der Waals surface area (Å²) >= 11 is 1.83. The van der Waals surface area contributed by atoms with E-state index in [1.165, 1.54) is 16.1 Å². The molecule has 0 saturated carbocycles. The van der Waals surface area contributed by atoms with Crippen LogP contribution in [0.15, 0.2) is 23.7 Å². The summed E-state index contributed by atoms with van der Waals surface area (Å²) in [7, 11) is 2.00. The average molecular weight is 291 g/mol. The summed E-state index contributed by atoms with van der Waals surface area (Å²) in [5.74, 6) is 0.389. The van der Waals surface area contributed by atoms with Gasteiger partial charge in [0, 0.05) is 55.8 Å². The van der Waals surface area contributed by atoms with E-state index in [0.717, 1.165) is 32.8 Å². The van der Waals surface area contributed by atoms with Crippen LogP contribution in [-0.4, -0.2) is 34.4 Å². The zero-order valence-electron chi connectivity index (χ0n) is 12.1. The molecule has 0 amide bonds. The van der Waals surface area contributed by atoms with Crippen molar-refractivity contribution in [2.45, 2.75) is 25.9 Å². The number of aryl methyl sites for hydroxylation is 1. The van der Waals surface area contributed by atoms with Gasteiger partial charge in [0.25, 0.3) is 0 Å². The highest BCUT2D eigenvalue weighted by Gasteiger charge is 2.28. The summed E-state index contributed by atoms with van der Waals surface area (Å²) in [6.45, 7) is 6.62. The van der Waals surface area contributed by atoms with E-state index in [1.54, 1.807) is 0 Å². The molecule has 0 aliphatic carbocycles. The Morgan fingerprint density at radius 3 is 3.15 bits per heavy atom. The van der Waals surface area contributed by atoms with Crippen LogP contribution in [0.2, 0.25) is 0 Å². The van der Waals surface area contributed by atoms with Gasteiger partial charge in [0.05, 0.1) is 12.3 Å². The molecule has 2 aromatic rings. The van der Waals surface area contributed by atoms with Crippen molar-refractivity contribution in [3.63, 3.8) is 0 Å². The molecule has 4 nitrogen and oxygen atoms in total. The summed E-state index contributed by atoms with van der Waals surface area (Å²) in [6.07, 6.45) is 2.15. The monoisotopic (exact) mass is 291 g/mol. The number of hydrogen-bond donors (Lipinski definition) is 0. The topological polar surface area (TPSA) is 30.3 Å². The minimum Gasteiger partial charge on any atom is -0.381 e. The van der Waals surface area contributed by atoms with Gasteiger partial charge >= 0.3 is 0 Å². The van der Waals surface area contributed by atoms with Crippen LogP contribution < -0.4 is 0 Å². The maximum Gasteiger partial charge on any atom is 0.0736 e. The van der Waals surface area contributed by atoms with Crippen molar-refractivity contribution in [1.29, 1.82) is 0 Å². The van der Waals surface area contributed by atoms with Crippen LogP contribution in [0, 0.1) is 0 Å². The van der Waals surface area contributed by atoms with Crippen LogP contribution in [0.25, 0.3) is 0 Å². The van der Waals surface area contributed by atoms with Gasteiger partial charge in [-0.3, -0.25) is 9.58 Å². The average Bonchev–Trinajstić information content (AvgIpc) is 3.04. The number of aromatic nitrogens is 2. The van der Waals surface area contributed by atoms with Crippen LogP contribution in [0.3, 0.4) is 0 Å². The number of fused-ring (bicyclic) bond motifs is 1. The fourth-order valence-electron chi connectivity index (χ4n) is 2.86. The van der Waals surface area contributed by atoms with Crippen LogP contribution in [0.4, 0.5) is 0 Å². The lowest BCUT2D eigenvalue weighted by Gasteiger charge is -2.31. The Balaban J connectivity index is 1.76. The van der Waals surface area contributed by atoms with E-state index in [4.69, 9.17) is 4.74 Å². The Bertz CT molecular complexity index is 549. The van der Waals surface area contributed by atoms with Crippen molar-refractivity contribution in [2.75, 3.05) is 19.8 Å². The van der Waals surface area contributed by atoms with Crippen LogP contribution in [-0.2, 0) is 24.9 Å². The largest absolute Gasteiger partial charge is 0.381 e. The first kappa shape index (κ1) is 13.8. The highest BCUT2D eigenvalue weighted by atomic mass is 32.1. The number of nitrogens with zero attached hydrogens (tertiary/aromatic N) is 3. The molecular formula is C15H21N3OS. The van der Waals surface area contributed by atoms with Gasteiger partial charge in [-0.2, -0.15) is 5.10 Å². The van der Waals surface area contributed by atoms with E-state index in [0.29, 0.717) is 5.92 Å². The number of rotatable bonds is 5. The second kappa shape index (κ2) is 6.08. The third-order valence-electron chi connectivity index (χ3n) is 3.68. The molecule has 1 unspecified atom stereocenters. The quantitative estimate of drug-likeness (QED) is 0.848. The van der Waals surface area contributed by atoms with Gasteiger partial charge in [-0.15, -0.1) is 11.3 Å². The summed E-state index contributed by atoms with van der Waals surface area (Å²) in [6, 6.07) is 4.33. The van der Waals surface area contributed by atoms with Gasteiger partial charge in [-0.05, 0) is 18.4 Å². The minimum atomic E-state index is 0.389. The number of hydrogen-bond acceptors (Lipinski definition) is 4. The molecule has 108 valence electrons. The number of ether oxygens (including phenoxy) is 1. The normalized spacial score (nSPS) is 19.2. The molecule has 0 N–H and O–H groups in total. The first-order valence-corrected chi connectivity index (χ1v) is 7.99. The molecule has 0 aromatic carbocycles. The molecule has 1 aliphatic rings. The summed E-state index contributed by atoms with van der Waals surface area (Å²) in [5.41, 5.74) is 2.57. The van der Waals surface area contributed by atoms with Gasteiger partial charge < -0.3 is 4.74 Å². The van der Waals surface area contributed by atoms with E-state index in [-0.39, 0.29) is 0 Å². The minimum absolute atomic E-state index is 0.389. The Labute approximate surface area is 124 Å². The van der Waals surface area contributed by atoms with Crippen molar-refractivity contribution in [3.8, 4) is 0 Å². The highest BCUT2D eigenvalue weighted by molar-refractivity contribution is 7.09. The second-order valence-electron chi connectivity index (χ2n) is 5.32. The van der Waals surface area contributed by atoms with Gasteiger partial charge in [0.15, 0.2) is 0 Å². The molecule has 0 fully saturated rings.